The van der Waals surface area contributed by atoms with Gasteiger partial charge >= 0.3 is 0 Å². The standard InChI is InChI=1S/C13H18N2OS2/c14-12(17)6-7-15-13(16)11-8-9-4-2-1-3-5-10(9)18-11/h8H,1-7H2,(H2,14,17)(H,15,16). The van der Waals surface area contributed by atoms with Gasteiger partial charge in [0.25, 0.3) is 5.91 Å². The van der Waals surface area contributed by atoms with Gasteiger partial charge in [0.2, 0.25) is 0 Å². The number of nitrogens with one attached hydrogen (secondary N) is 1. The Hall–Kier alpha value is -0.940. The topological polar surface area (TPSA) is 55.1 Å². The molecule has 2 rings (SSSR count). The summed E-state index contributed by atoms with van der Waals surface area (Å²) in [7, 11) is 0. The van der Waals surface area contributed by atoms with Crippen LogP contribution in [0.3, 0.4) is 0 Å². The normalized spacial score (nSPS) is 14.7. The number of amides is 1. The molecule has 0 atom stereocenters. The summed E-state index contributed by atoms with van der Waals surface area (Å²) in [5, 5.41) is 2.86. The highest BCUT2D eigenvalue weighted by atomic mass is 32.1. The van der Waals surface area contributed by atoms with Crippen LogP contribution in [0.4, 0.5) is 0 Å². The van der Waals surface area contributed by atoms with Crippen molar-refractivity contribution in [2.45, 2.75) is 38.5 Å². The second-order valence-electron chi connectivity index (χ2n) is 4.59. The Morgan fingerprint density at radius 2 is 2.17 bits per heavy atom. The van der Waals surface area contributed by atoms with E-state index in [9.17, 15) is 4.79 Å². The van der Waals surface area contributed by atoms with Gasteiger partial charge in [-0.05, 0) is 37.3 Å². The van der Waals surface area contributed by atoms with Crippen LogP contribution < -0.4 is 11.1 Å². The highest BCUT2D eigenvalue weighted by Crippen LogP contribution is 2.28. The van der Waals surface area contributed by atoms with Gasteiger partial charge in [-0.25, -0.2) is 0 Å². The van der Waals surface area contributed by atoms with Crippen molar-refractivity contribution < 1.29 is 4.79 Å². The van der Waals surface area contributed by atoms with Crippen LogP contribution in [0.1, 0.15) is 45.8 Å². The predicted molar refractivity (Wildman–Crippen MR) is 79.3 cm³/mol. The van der Waals surface area contributed by atoms with Crippen molar-refractivity contribution in [1.29, 1.82) is 0 Å². The van der Waals surface area contributed by atoms with E-state index in [0.29, 0.717) is 18.0 Å². The maximum absolute atomic E-state index is 11.9. The number of carbonyl (C=O) groups excluding carboxylic acids is 1. The Kier molecular flexibility index (Phi) is 4.72. The largest absolute Gasteiger partial charge is 0.393 e. The smallest absolute Gasteiger partial charge is 0.261 e. The third-order valence-corrected chi connectivity index (χ3v) is 4.57. The zero-order chi connectivity index (χ0) is 13.0. The molecule has 1 aliphatic carbocycles. The minimum Gasteiger partial charge on any atom is -0.393 e. The van der Waals surface area contributed by atoms with E-state index in [1.165, 1.54) is 29.7 Å². The van der Waals surface area contributed by atoms with E-state index in [-0.39, 0.29) is 5.91 Å². The minimum absolute atomic E-state index is 0.00400. The van der Waals surface area contributed by atoms with Crippen LogP contribution in [0.15, 0.2) is 6.07 Å². The average molecular weight is 282 g/mol. The maximum atomic E-state index is 11.9. The molecule has 0 saturated carbocycles. The summed E-state index contributed by atoms with van der Waals surface area (Å²) in [5.74, 6) is 0.00400. The fourth-order valence-electron chi connectivity index (χ4n) is 2.17. The summed E-state index contributed by atoms with van der Waals surface area (Å²) in [6.45, 7) is 0.525. The highest BCUT2D eigenvalue weighted by molar-refractivity contribution is 7.80. The second-order valence-corrected chi connectivity index (χ2v) is 6.25. The average Bonchev–Trinajstić information content (AvgIpc) is 2.60. The molecular formula is C13H18N2OS2. The quantitative estimate of drug-likeness (QED) is 0.659. The molecule has 0 saturated heterocycles. The SMILES string of the molecule is NC(=S)CCNC(=O)c1cc2c(s1)CCCCC2. The Labute approximate surface area is 117 Å². The van der Waals surface area contributed by atoms with Crippen LogP contribution in [0.2, 0.25) is 0 Å². The molecule has 0 unspecified atom stereocenters. The lowest BCUT2D eigenvalue weighted by molar-refractivity contribution is 0.0959. The first-order valence-electron chi connectivity index (χ1n) is 6.35. The van der Waals surface area contributed by atoms with E-state index in [4.69, 9.17) is 18.0 Å². The van der Waals surface area contributed by atoms with Gasteiger partial charge in [0.1, 0.15) is 0 Å². The molecule has 0 radical (unpaired) electrons. The molecule has 1 aromatic rings. The van der Waals surface area contributed by atoms with Gasteiger partial charge in [-0.3, -0.25) is 4.79 Å². The van der Waals surface area contributed by atoms with Crippen LogP contribution in [-0.4, -0.2) is 17.4 Å². The summed E-state index contributed by atoms with van der Waals surface area (Å²) >= 11 is 6.42. The lowest BCUT2D eigenvalue weighted by atomic mass is 10.1. The Morgan fingerprint density at radius 3 is 2.94 bits per heavy atom. The number of rotatable bonds is 4. The number of aryl methyl sites for hydroxylation is 2. The fraction of sp³-hybridized carbons (Fsp3) is 0.538. The van der Waals surface area contributed by atoms with E-state index in [1.54, 1.807) is 11.3 Å². The van der Waals surface area contributed by atoms with Crippen molar-refractivity contribution in [3.05, 3.63) is 21.4 Å². The predicted octanol–water partition coefficient (Wildman–Crippen LogP) is 2.42. The summed E-state index contributed by atoms with van der Waals surface area (Å²) in [6.07, 6.45) is 6.59. The number of thiophene rings is 1. The first-order valence-corrected chi connectivity index (χ1v) is 7.57. The summed E-state index contributed by atoms with van der Waals surface area (Å²) in [6, 6.07) is 2.06. The number of hydrogen-bond donors (Lipinski definition) is 2. The lowest BCUT2D eigenvalue weighted by Gasteiger charge is -2.01. The molecule has 98 valence electrons. The molecule has 0 spiro atoms. The molecule has 1 aliphatic rings. The van der Waals surface area contributed by atoms with Crippen molar-refractivity contribution in [2.24, 2.45) is 5.73 Å². The van der Waals surface area contributed by atoms with Gasteiger partial charge in [-0.15, -0.1) is 11.3 Å². The molecule has 5 heteroatoms. The zero-order valence-electron chi connectivity index (χ0n) is 10.3. The van der Waals surface area contributed by atoms with Crippen LogP contribution in [0.25, 0.3) is 0 Å². The van der Waals surface area contributed by atoms with E-state index in [1.807, 2.05) is 0 Å². The molecule has 0 fully saturated rings. The second kappa shape index (κ2) is 6.29. The van der Waals surface area contributed by atoms with E-state index in [0.717, 1.165) is 17.7 Å². The molecule has 1 amide bonds. The Morgan fingerprint density at radius 1 is 1.39 bits per heavy atom. The monoisotopic (exact) mass is 282 g/mol. The van der Waals surface area contributed by atoms with Crippen molar-refractivity contribution in [3.63, 3.8) is 0 Å². The highest BCUT2D eigenvalue weighted by Gasteiger charge is 2.15. The van der Waals surface area contributed by atoms with Crippen LogP contribution in [0, 0.1) is 0 Å². The summed E-state index contributed by atoms with van der Waals surface area (Å²) < 4.78 is 0. The van der Waals surface area contributed by atoms with E-state index >= 15 is 0 Å². The number of thiocarbonyl (C=S) groups is 1. The van der Waals surface area contributed by atoms with Crippen LogP contribution >= 0.6 is 23.6 Å². The lowest BCUT2D eigenvalue weighted by Crippen LogP contribution is -2.26. The van der Waals surface area contributed by atoms with Gasteiger partial charge in [0.15, 0.2) is 0 Å². The third kappa shape index (κ3) is 3.53. The molecular weight excluding hydrogens is 264 g/mol. The fourth-order valence-corrected chi connectivity index (χ4v) is 3.44. The molecule has 1 aromatic heterocycles. The first kappa shape index (κ1) is 13.5. The molecule has 3 nitrogen and oxygen atoms in total. The third-order valence-electron chi connectivity index (χ3n) is 3.13. The van der Waals surface area contributed by atoms with Crippen LogP contribution in [-0.2, 0) is 12.8 Å². The van der Waals surface area contributed by atoms with E-state index in [2.05, 4.69) is 11.4 Å². The molecule has 18 heavy (non-hydrogen) atoms. The number of hydrogen-bond acceptors (Lipinski definition) is 3. The number of fused-ring (bicyclic) bond motifs is 1. The van der Waals surface area contributed by atoms with Gasteiger partial charge in [-0.2, -0.15) is 0 Å². The van der Waals surface area contributed by atoms with Gasteiger partial charge in [-0.1, -0.05) is 18.6 Å². The van der Waals surface area contributed by atoms with Gasteiger partial charge < -0.3 is 11.1 Å². The Balaban J connectivity index is 1.96. The van der Waals surface area contributed by atoms with Gasteiger partial charge in [0, 0.05) is 17.8 Å². The molecule has 0 aliphatic heterocycles. The number of carbonyl (C=O) groups is 1. The van der Waals surface area contributed by atoms with Crippen molar-refractivity contribution in [2.75, 3.05) is 6.54 Å². The minimum atomic E-state index is 0.00400. The van der Waals surface area contributed by atoms with Gasteiger partial charge in [0.05, 0.1) is 9.87 Å². The van der Waals surface area contributed by atoms with Crippen molar-refractivity contribution >= 4 is 34.5 Å². The maximum Gasteiger partial charge on any atom is 0.261 e. The molecule has 1 heterocycles. The number of nitrogens with two attached hydrogens (primary N) is 1. The van der Waals surface area contributed by atoms with E-state index < -0.39 is 0 Å². The zero-order valence-corrected chi connectivity index (χ0v) is 12.0. The van der Waals surface area contributed by atoms with Crippen LogP contribution in [0.5, 0.6) is 0 Å². The Bertz CT molecular complexity index is 430. The molecule has 0 aromatic carbocycles. The summed E-state index contributed by atoms with van der Waals surface area (Å²) in [4.78, 5) is 14.6. The van der Waals surface area contributed by atoms with Crippen molar-refractivity contribution in [1.82, 2.24) is 5.32 Å². The van der Waals surface area contributed by atoms with Crippen molar-refractivity contribution in [3.8, 4) is 0 Å². The first-order chi connectivity index (χ1) is 8.66. The summed E-state index contributed by atoms with van der Waals surface area (Å²) in [5.41, 5.74) is 6.77. The molecule has 0 bridgehead atoms. The molecule has 3 N–H and O–H groups in total.